The Balaban J connectivity index is 1.41. The van der Waals surface area contributed by atoms with Crippen molar-refractivity contribution in [2.24, 2.45) is 0 Å². The molecule has 0 aliphatic carbocycles. The highest BCUT2D eigenvalue weighted by atomic mass is 35.5. The molecule has 9 heteroatoms. The molecule has 0 saturated heterocycles. The van der Waals surface area contributed by atoms with Gasteiger partial charge in [0, 0.05) is 36.7 Å². The molecule has 0 bridgehead atoms. The van der Waals surface area contributed by atoms with Crippen LogP contribution in [-0.2, 0) is 26.1 Å². The van der Waals surface area contributed by atoms with E-state index in [0.717, 1.165) is 16.8 Å². The summed E-state index contributed by atoms with van der Waals surface area (Å²) in [5.41, 5.74) is 4.23. The molecule has 2 amide bonds. The Labute approximate surface area is 207 Å². The minimum Gasteiger partial charge on any atom is -0.331 e. The quantitative estimate of drug-likeness (QED) is 0.544. The van der Waals surface area contributed by atoms with Gasteiger partial charge in [-0.3, -0.25) is 14.3 Å². The van der Waals surface area contributed by atoms with Crippen LogP contribution in [0.2, 0.25) is 10.0 Å². The number of nitrogens with zero attached hydrogens (tertiary/aromatic N) is 5. The van der Waals surface area contributed by atoms with Crippen LogP contribution in [0.4, 0.5) is 0 Å². The number of hydrogen-bond acceptors (Lipinski definition) is 4. The molecule has 1 aromatic heterocycles. The van der Waals surface area contributed by atoms with Gasteiger partial charge >= 0.3 is 0 Å². The number of amides is 2. The Morgan fingerprint density at radius 1 is 1.15 bits per heavy atom. The van der Waals surface area contributed by atoms with Crippen molar-refractivity contribution in [2.75, 3.05) is 6.54 Å². The summed E-state index contributed by atoms with van der Waals surface area (Å²) in [6, 6.07) is 14.1. The molecule has 0 saturated carbocycles. The second-order valence-corrected chi connectivity index (χ2v) is 9.46. The van der Waals surface area contributed by atoms with Crippen LogP contribution >= 0.6 is 23.2 Å². The third-order valence-corrected chi connectivity index (χ3v) is 7.18. The van der Waals surface area contributed by atoms with Crippen LogP contribution in [0.25, 0.3) is 0 Å². The summed E-state index contributed by atoms with van der Waals surface area (Å²) in [5.74, 6) is -0.254. The van der Waals surface area contributed by atoms with Crippen molar-refractivity contribution < 1.29 is 9.59 Å². The maximum atomic E-state index is 13.5. The van der Waals surface area contributed by atoms with Gasteiger partial charge in [-0.1, -0.05) is 35.3 Å². The summed E-state index contributed by atoms with van der Waals surface area (Å²) in [5, 5.41) is 14.4. The van der Waals surface area contributed by atoms with Gasteiger partial charge in [0.1, 0.15) is 5.69 Å². The Hall–Kier alpha value is -3.34. The topological polar surface area (TPSA) is 82.2 Å². The number of rotatable bonds is 3. The van der Waals surface area contributed by atoms with E-state index in [1.807, 2.05) is 19.1 Å². The number of aromatic nitrogens is 2. The van der Waals surface area contributed by atoms with Crippen LogP contribution in [0.1, 0.15) is 50.2 Å². The zero-order chi connectivity index (χ0) is 24.0. The van der Waals surface area contributed by atoms with Crippen molar-refractivity contribution in [3.63, 3.8) is 0 Å². The number of halogens is 2. The van der Waals surface area contributed by atoms with E-state index in [4.69, 9.17) is 33.6 Å². The molecule has 0 unspecified atom stereocenters. The molecule has 3 heterocycles. The first kappa shape index (κ1) is 22.5. The first-order valence-electron chi connectivity index (χ1n) is 11.0. The van der Waals surface area contributed by atoms with Crippen LogP contribution in [0, 0.1) is 11.3 Å². The number of nitriles is 1. The lowest BCUT2D eigenvalue weighted by Gasteiger charge is -2.34. The standard InChI is InChI=1S/C25H21Cl2N5O2/c1-15-10-22-19(14-31(15)24(33)18-6-7-20(26)21(27)11-18)23-25(34)30(8-9-32(23)29-22)13-17-4-2-16(12-28)3-5-17/h2-7,11,15H,8-10,13-14H2,1H3/t15-/m1/s1. The molecule has 2 aliphatic heterocycles. The number of carbonyl (C=O) groups is 2. The Kier molecular flexibility index (Phi) is 5.80. The number of carbonyl (C=O) groups excluding carboxylic acids is 2. The van der Waals surface area contributed by atoms with Crippen molar-refractivity contribution in [1.82, 2.24) is 19.6 Å². The van der Waals surface area contributed by atoms with Crippen molar-refractivity contribution in [1.29, 1.82) is 5.26 Å². The first-order valence-corrected chi connectivity index (χ1v) is 11.7. The maximum Gasteiger partial charge on any atom is 0.272 e. The Morgan fingerprint density at radius 3 is 2.62 bits per heavy atom. The zero-order valence-corrected chi connectivity index (χ0v) is 20.0. The van der Waals surface area contributed by atoms with E-state index in [1.165, 1.54) is 0 Å². The molecular weight excluding hydrogens is 473 g/mol. The van der Waals surface area contributed by atoms with Crippen molar-refractivity contribution in [3.8, 4) is 6.07 Å². The molecule has 0 fully saturated rings. The second kappa shape index (κ2) is 8.79. The van der Waals surface area contributed by atoms with Gasteiger partial charge in [-0.2, -0.15) is 10.4 Å². The summed E-state index contributed by atoms with van der Waals surface area (Å²) in [7, 11) is 0. The molecule has 0 N–H and O–H groups in total. The minimum absolute atomic E-state index is 0.0729. The summed E-state index contributed by atoms with van der Waals surface area (Å²) in [4.78, 5) is 30.3. The van der Waals surface area contributed by atoms with Crippen LogP contribution in [0.5, 0.6) is 0 Å². The molecule has 7 nitrogen and oxygen atoms in total. The molecule has 172 valence electrons. The van der Waals surface area contributed by atoms with E-state index in [-0.39, 0.29) is 17.9 Å². The highest BCUT2D eigenvalue weighted by Gasteiger charge is 2.37. The van der Waals surface area contributed by atoms with Crippen LogP contribution in [0.3, 0.4) is 0 Å². The summed E-state index contributed by atoms with van der Waals surface area (Å²) >= 11 is 12.1. The van der Waals surface area contributed by atoms with Crippen molar-refractivity contribution >= 4 is 35.0 Å². The van der Waals surface area contributed by atoms with Gasteiger partial charge in [0.2, 0.25) is 0 Å². The number of benzene rings is 2. The predicted octanol–water partition coefficient (Wildman–Crippen LogP) is 4.30. The average Bonchev–Trinajstić information content (AvgIpc) is 3.20. The summed E-state index contributed by atoms with van der Waals surface area (Å²) < 4.78 is 1.78. The Bertz CT molecular complexity index is 1340. The summed E-state index contributed by atoms with van der Waals surface area (Å²) in [6.45, 7) is 3.89. The Morgan fingerprint density at radius 2 is 1.91 bits per heavy atom. The highest BCUT2D eigenvalue weighted by Crippen LogP contribution is 2.31. The van der Waals surface area contributed by atoms with Crippen LogP contribution in [-0.4, -0.2) is 44.0 Å². The van der Waals surface area contributed by atoms with Gasteiger partial charge < -0.3 is 9.80 Å². The van der Waals surface area contributed by atoms with Gasteiger partial charge in [-0.25, -0.2) is 0 Å². The highest BCUT2D eigenvalue weighted by molar-refractivity contribution is 6.42. The van der Waals surface area contributed by atoms with Crippen molar-refractivity contribution in [3.05, 3.63) is 86.2 Å². The smallest absolute Gasteiger partial charge is 0.272 e. The molecule has 2 aliphatic rings. The number of hydrogen-bond donors (Lipinski definition) is 0. The molecule has 0 spiro atoms. The molecule has 3 aromatic rings. The van der Waals surface area contributed by atoms with E-state index >= 15 is 0 Å². The monoisotopic (exact) mass is 493 g/mol. The second-order valence-electron chi connectivity index (χ2n) is 8.65. The molecule has 1 atom stereocenters. The minimum atomic E-state index is -0.158. The number of fused-ring (bicyclic) bond motifs is 3. The third kappa shape index (κ3) is 3.93. The molecule has 0 radical (unpaired) electrons. The fourth-order valence-corrected chi connectivity index (χ4v) is 4.88. The largest absolute Gasteiger partial charge is 0.331 e. The van der Waals surface area contributed by atoms with Crippen molar-refractivity contribution in [2.45, 2.75) is 39.0 Å². The SMILES string of the molecule is C[C@@H]1Cc2nn3c(c2CN1C(=O)c1ccc(Cl)c(Cl)c1)C(=O)N(Cc1ccc(C#N)cc1)CC3. The fraction of sp³-hybridized carbons (Fsp3) is 0.280. The molecule has 5 rings (SSSR count). The van der Waals surface area contributed by atoms with E-state index < -0.39 is 0 Å². The lowest BCUT2D eigenvalue weighted by Crippen LogP contribution is -2.44. The maximum absolute atomic E-state index is 13.5. The zero-order valence-electron chi connectivity index (χ0n) is 18.5. The van der Waals surface area contributed by atoms with Gasteiger partial charge in [0.25, 0.3) is 11.8 Å². The lowest BCUT2D eigenvalue weighted by molar-refractivity contribution is 0.0637. The predicted molar refractivity (Wildman–Crippen MR) is 128 cm³/mol. The van der Waals surface area contributed by atoms with Crippen LogP contribution < -0.4 is 0 Å². The summed E-state index contributed by atoms with van der Waals surface area (Å²) in [6.07, 6.45) is 0.575. The molecule has 2 aromatic carbocycles. The van der Waals surface area contributed by atoms with Gasteiger partial charge in [-0.15, -0.1) is 0 Å². The van der Waals surface area contributed by atoms with Gasteiger partial charge in [0.15, 0.2) is 0 Å². The normalized spacial score (nSPS) is 17.2. The van der Waals surface area contributed by atoms with Gasteiger partial charge in [-0.05, 0) is 42.8 Å². The third-order valence-electron chi connectivity index (χ3n) is 6.44. The first-order chi connectivity index (χ1) is 16.4. The lowest BCUT2D eigenvalue weighted by atomic mass is 9.97. The molecule has 34 heavy (non-hydrogen) atoms. The van der Waals surface area contributed by atoms with E-state index in [2.05, 4.69) is 6.07 Å². The van der Waals surface area contributed by atoms with Crippen LogP contribution in [0.15, 0.2) is 42.5 Å². The van der Waals surface area contributed by atoms with Gasteiger partial charge in [0.05, 0.1) is 40.5 Å². The molecular formula is C25H21Cl2N5O2. The van der Waals surface area contributed by atoms with E-state index in [0.29, 0.717) is 59.5 Å². The van der Waals surface area contributed by atoms with E-state index in [9.17, 15) is 9.59 Å². The fourth-order valence-electron chi connectivity index (χ4n) is 4.59. The van der Waals surface area contributed by atoms with E-state index in [1.54, 1.807) is 44.8 Å². The average molecular weight is 494 g/mol.